The third kappa shape index (κ3) is 11.8. The van der Waals surface area contributed by atoms with Gasteiger partial charge in [-0.1, -0.05) is 97.1 Å². The molecule has 0 aliphatic carbocycles. The van der Waals surface area contributed by atoms with Crippen molar-refractivity contribution in [3.8, 4) is 5.75 Å². The molecule has 9 heteroatoms. The number of aromatic hydroxyl groups is 1. The first-order valence-electron chi connectivity index (χ1n) is 12.8. The van der Waals surface area contributed by atoms with Gasteiger partial charge in [0.05, 0.1) is 21.0 Å². The summed E-state index contributed by atoms with van der Waals surface area (Å²) < 4.78 is 13.7. The van der Waals surface area contributed by atoms with Crippen molar-refractivity contribution in [3.63, 3.8) is 0 Å². The van der Waals surface area contributed by atoms with Gasteiger partial charge in [-0.05, 0) is 46.7 Å². The van der Waals surface area contributed by atoms with Crippen molar-refractivity contribution in [2.75, 3.05) is 26.3 Å². The van der Waals surface area contributed by atoms with Crippen LogP contribution in [-0.4, -0.2) is 36.5 Å². The molecule has 214 valence electrons. The molecule has 0 saturated heterocycles. The number of hydrogen-bond donors (Lipinski definition) is 3. The normalized spacial score (nSPS) is 10.8. The second-order valence-electron chi connectivity index (χ2n) is 8.94. The molecule has 0 atom stereocenters. The molecule has 0 unspecified atom stereocenters. The Kier molecular flexibility index (Phi) is 14.3. The van der Waals surface area contributed by atoms with Crippen LogP contribution in [0.25, 0.3) is 0 Å². The van der Waals surface area contributed by atoms with Gasteiger partial charge in [-0.2, -0.15) is 0 Å². The lowest BCUT2D eigenvalue weighted by atomic mass is 9.88. The lowest BCUT2D eigenvalue weighted by Gasteiger charge is -2.28. The summed E-state index contributed by atoms with van der Waals surface area (Å²) in [5, 5.41) is 21.6. The number of aliphatic hydroxyl groups is 1. The molecule has 0 amide bonds. The third-order valence-electron chi connectivity index (χ3n) is 6.01. The van der Waals surface area contributed by atoms with Crippen molar-refractivity contribution in [2.45, 2.75) is 19.3 Å². The Morgan fingerprint density at radius 1 is 0.675 bits per heavy atom. The zero-order chi connectivity index (χ0) is 27.9. The average Bonchev–Trinajstić information content (AvgIpc) is 2.93. The Bertz CT molecular complexity index is 1300. The quantitative estimate of drug-likeness (QED) is 0.176. The van der Waals surface area contributed by atoms with E-state index in [9.17, 15) is 19.5 Å². The minimum atomic E-state index is -4.82. The Hall–Kier alpha value is -3.33. The molecule has 0 heterocycles. The summed E-state index contributed by atoms with van der Waals surface area (Å²) in [6.07, 6.45) is 2.42. The average molecular weight is 564 g/mol. The molecule has 3 N–H and O–H groups in total. The molecule has 0 aliphatic heterocycles. The first-order chi connectivity index (χ1) is 18.9. The predicted octanol–water partition coefficient (Wildman–Crippen LogP) is 3.46. The van der Waals surface area contributed by atoms with Crippen LogP contribution in [0, 0.1) is 0 Å². The number of hydrogen-bond acceptors (Lipinski definition) is 7. The molecule has 0 bridgehead atoms. The van der Waals surface area contributed by atoms with E-state index in [-0.39, 0.29) is 25.2 Å². The van der Waals surface area contributed by atoms with Gasteiger partial charge < -0.3 is 39.9 Å². The maximum Gasteiger partial charge on any atom is 0.119 e. The molecule has 8 nitrogen and oxygen atoms in total. The molecule has 40 heavy (non-hydrogen) atoms. The van der Waals surface area contributed by atoms with Crippen molar-refractivity contribution < 1.29 is 34.6 Å². The van der Waals surface area contributed by atoms with Gasteiger partial charge in [0.1, 0.15) is 5.75 Å². The minimum Gasteiger partial charge on any atom is -2.00 e. The number of benzene rings is 4. The van der Waals surface area contributed by atoms with E-state index in [1.54, 1.807) is 0 Å². The highest BCUT2D eigenvalue weighted by Crippen LogP contribution is 2.31. The molecule has 4 aromatic carbocycles. The van der Waals surface area contributed by atoms with Gasteiger partial charge in [0.2, 0.25) is 0 Å². The smallest absolute Gasteiger partial charge is 0.119 e. The second-order valence-corrected chi connectivity index (χ2v) is 10.1. The third-order valence-corrected chi connectivity index (χ3v) is 6.50. The predicted molar refractivity (Wildman–Crippen MR) is 150 cm³/mol. The zero-order valence-electron chi connectivity index (χ0n) is 22.1. The molecule has 0 spiro atoms. The van der Waals surface area contributed by atoms with Crippen LogP contribution in [0.2, 0.25) is 0 Å². The highest BCUT2D eigenvalue weighted by molar-refractivity contribution is 7.43. The molecular weight excluding hydrogens is 529 g/mol. The van der Waals surface area contributed by atoms with E-state index in [0.717, 1.165) is 24.8 Å². The topological polar surface area (TPSA) is 153 Å². The lowest BCUT2D eigenvalue weighted by Crippen LogP contribution is -2.25. The lowest BCUT2D eigenvalue weighted by molar-refractivity contribution is -0.341. The summed E-state index contributed by atoms with van der Waals surface area (Å²) in [4.78, 5) is 19.7. The van der Waals surface area contributed by atoms with Crippen LogP contribution in [0.5, 0.6) is 5.75 Å². The summed E-state index contributed by atoms with van der Waals surface area (Å²) in [5.74, 6) is 0.381. The Balaban J connectivity index is 0.000000400. The number of nitrogens with one attached hydrogen (secondary N) is 1. The zero-order valence-corrected chi connectivity index (χ0v) is 23.0. The number of phenolic OH excluding ortho intramolecular Hbond substituents is 1. The van der Waals surface area contributed by atoms with Crippen LogP contribution < -0.4 is 15.1 Å². The summed E-state index contributed by atoms with van der Waals surface area (Å²) in [6, 6.07) is 35.3. The SMILES string of the molecule is O=P([O-])([O-])OCCNCCO.Oc1ccc(Cc2ccccc2)c(Cc2ccccc2)c1Cc1ccccc1.[O-2]. The molecule has 0 aromatic heterocycles. The Morgan fingerprint density at radius 3 is 1.62 bits per heavy atom. The first-order valence-corrected chi connectivity index (χ1v) is 14.2. The first kappa shape index (κ1) is 32.9. The summed E-state index contributed by atoms with van der Waals surface area (Å²) in [6.45, 7) is 0.358. The number of phosphoric ester groups is 1. The van der Waals surface area contributed by atoms with Crippen LogP contribution in [0.1, 0.15) is 33.4 Å². The van der Waals surface area contributed by atoms with Crippen molar-refractivity contribution in [2.24, 2.45) is 0 Å². The fourth-order valence-corrected chi connectivity index (χ4v) is 4.48. The van der Waals surface area contributed by atoms with Gasteiger partial charge in [-0.3, -0.25) is 0 Å². The van der Waals surface area contributed by atoms with E-state index in [1.807, 2.05) is 24.3 Å². The Labute approximate surface area is 235 Å². The maximum absolute atomic E-state index is 10.7. The highest BCUT2D eigenvalue weighted by Gasteiger charge is 2.15. The Morgan fingerprint density at radius 2 is 1.15 bits per heavy atom. The molecule has 4 aromatic rings. The fraction of sp³-hybridized carbons (Fsp3) is 0.226. The standard InChI is InChI=1S/C27H24O.C4H12NO5P.O/c28-27-17-16-24(18-21-10-4-1-5-11-21)25(19-22-12-6-2-7-13-22)26(27)20-23-14-8-3-9-15-23;6-3-1-5-2-4-10-11(7,8)9;/h1-17,28H,18-20H2;5-6H,1-4H2,(H2,7,8,9);/q;;-2/p-2. The number of rotatable bonds is 12. The molecule has 0 fully saturated rings. The molecule has 0 radical (unpaired) electrons. The largest absolute Gasteiger partial charge is 2.00 e. The van der Waals surface area contributed by atoms with Crippen LogP contribution in [0.15, 0.2) is 103 Å². The van der Waals surface area contributed by atoms with Gasteiger partial charge in [0.25, 0.3) is 0 Å². The van der Waals surface area contributed by atoms with Gasteiger partial charge in [-0.25, -0.2) is 0 Å². The van der Waals surface area contributed by atoms with Gasteiger partial charge in [-0.15, -0.1) is 0 Å². The number of phosphoric acid groups is 1. The van der Waals surface area contributed by atoms with Crippen molar-refractivity contribution in [3.05, 3.63) is 137 Å². The van der Waals surface area contributed by atoms with E-state index in [2.05, 4.69) is 88.7 Å². The van der Waals surface area contributed by atoms with E-state index in [4.69, 9.17) is 5.11 Å². The fourth-order valence-electron chi connectivity index (χ4n) is 4.16. The van der Waals surface area contributed by atoms with Gasteiger partial charge >= 0.3 is 0 Å². The van der Waals surface area contributed by atoms with E-state index in [0.29, 0.717) is 12.3 Å². The summed E-state index contributed by atoms with van der Waals surface area (Å²) in [5.41, 5.74) is 7.30. The van der Waals surface area contributed by atoms with Gasteiger partial charge in [0.15, 0.2) is 0 Å². The van der Waals surface area contributed by atoms with Crippen LogP contribution in [-0.2, 0) is 33.8 Å². The highest BCUT2D eigenvalue weighted by atomic mass is 31.2. The van der Waals surface area contributed by atoms with E-state index >= 15 is 0 Å². The molecular formula is C31H34NO7P-4. The maximum atomic E-state index is 10.7. The van der Waals surface area contributed by atoms with E-state index in [1.165, 1.54) is 27.8 Å². The van der Waals surface area contributed by atoms with Crippen LogP contribution >= 0.6 is 7.82 Å². The minimum absolute atomic E-state index is 0. The molecule has 0 aliphatic rings. The van der Waals surface area contributed by atoms with Crippen LogP contribution in [0.4, 0.5) is 0 Å². The van der Waals surface area contributed by atoms with Gasteiger partial charge in [0, 0.05) is 25.1 Å². The number of phenols is 1. The molecule has 0 saturated carbocycles. The number of aliphatic hydroxyl groups excluding tert-OH is 1. The van der Waals surface area contributed by atoms with E-state index < -0.39 is 7.82 Å². The summed E-state index contributed by atoms with van der Waals surface area (Å²) >= 11 is 0. The van der Waals surface area contributed by atoms with Crippen molar-refractivity contribution in [1.82, 2.24) is 5.32 Å². The van der Waals surface area contributed by atoms with Crippen molar-refractivity contribution in [1.29, 1.82) is 0 Å². The van der Waals surface area contributed by atoms with Crippen molar-refractivity contribution >= 4 is 7.82 Å². The molecule has 4 rings (SSSR count). The van der Waals surface area contributed by atoms with Crippen LogP contribution in [0.3, 0.4) is 0 Å². The summed E-state index contributed by atoms with van der Waals surface area (Å²) in [7, 11) is -4.82. The monoisotopic (exact) mass is 563 g/mol. The second kappa shape index (κ2) is 17.4.